The van der Waals surface area contributed by atoms with Crippen LogP contribution >= 0.6 is 0 Å². The molecule has 6 nitrogen and oxygen atoms in total. The lowest BCUT2D eigenvalue weighted by molar-refractivity contribution is 0.0781. The van der Waals surface area contributed by atoms with E-state index in [1.807, 2.05) is 32.8 Å². The van der Waals surface area contributed by atoms with Gasteiger partial charge in [0, 0.05) is 20.1 Å². The van der Waals surface area contributed by atoms with Gasteiger partial charge in [0.1, 0.15) is 0 Å². The van der Waals surface area contributed by atoms with Gasteiger partial charge in [0.2, 0.25) is 0 Å². The number of aromatic nitrogens is 2. The van der Waals surface area contributed by atoms with E-state index in [2.05, 4.69) is 10.2 Å². The number of anilines is 1. The van der Waals surface area contributed by atoms with E-state index in [9.17, 15) is 4.79 Å². The van der Waals surface area contributed by atoms with Crippen LogP contribution in [-0.4, -0.2) is 60.1 Å². The number of H-pyrrole nitrogens is 1. The maximum absolute atomic E-state index is 12.2. The van der Waals surface area contributed by atoms with E-state index < -0.39 is 0 Å². The van der Waals surface area contributed by atoms with Gasteiger partial charge in [-0.05, 0) is 20.0 Å². The summed E-state index contributed by atoms with van der Waals surface area (Å²) < 4.78 is 0. The number of nitrogens with two attached hydrogens (primary N) is 1. The number of likely N-dealkylation sites (N-methyl/N-ethyl adjacent to an activating group) is 2. The van der Waals surface area contributed by atoms with Crippen molar-refractivity contribution in [2.45, 2.75) is 19.8 Å². The fraction of sp³-hybridized carbons (Fsp3) is 0.667. The first kappa shape index (κ1) is 14.5. The average Bonchev–Trinajstić information content (AvgIpc) is 2.66. The number of nitrogens with one attached hydrogen (secondary N) is 1. The standard InChI is InChI=1S/C12H23N5O/c1-8(2)10-9(13)11(15-14-10)12(18)17(5)7-6-16(3)4/h8H,6-7,13H2,1-5H3,(H,14,15). The van der Waals surface area contributed by atoms with E-state index in [4.69, 9.17) is 5.73 Å². The molecule has 0 aromatic carbocycles. The fourth-order valence-corrected chi connectivity index (χ4v) is 1.60. The summed E-state index contributed by atoms with van der Waals surface area (Å²) in [5, 5.41) is 6.87. The first-order valence-corrected chi connectivity index (χ1v) is 6.08. The fourth-order valence-electron chi connectivity index (χ4n) is 1.60. The van der Waals surface area contributed by atoms with E-state index in [1.165, 1.54) is 0 Å². The van der Waals surface area contributed by atoms with Gasteiger partial charge in [-0.25, -0.2) is 0 Å². The van der Waals surface area contributed by atoms with Crippen molar-refractivity contribution in [1.82, 2.24) is 20.0 Å². The number of amides is 1. The van der Waals surface area contributed by atoms with Crippen molar-refractivity contribution in [3.63, 3.8) is 0 Å². The molecule has 0 unspecified atom stereocenters. The zero-order valence-electron chi connectivity index (χ0n) is 11.8. The molecule has 18 heavy (non-hydrogen) atoms. The number of hydrogen-bond donors (Lipinski definition) is 2. The Balaban J connectivity index is 2.78. The molecule has 102 valence electrons. The Morgan fingerprint density at radius 3 is 2.39 bits per heavy atom. The molecule has 1 aromatic rings. The van der Waals surface area contributed by atoms with E-state index in [1.54, 1.807) is 11.9 Å². The third-order valence-corrected chi connectivity index (χ3v) is 2.84. The summed E-state index contributed by atoms with van der Waals surface area (Å²) in [5.74, 6) is 0.0867. The SMILES string of the molecule is CC(C)c1[nH]nc(C(=O)N(C)CCN(C)C)c1N. The molecule has 0 atom stereocenters. The van der Waals surface area contributed by atoms with Gasteiger partial charge in [-0.2, -0.15) is 5.10 Å². The maximum Gasteiger partial charge on any atom is 0.276 e. The van der Waals surface area contributed by atoms with Crippen LogP contribution in [0.4, 0.5) is 5.69 Å². The normalized spacial score (nSPS) is 11.3. The summed E-state index contributed by atoms with van der Waals surface area (Å²) in [6.07, 6.45) is 0. The van der Waals surface area contributed by atoms with Crippen molar-refractivity contribution in [3.8, 4) is 0 Å². The Hall–Kier alpha value is -1.56. The third kappa shape index (κ3) is 3.22. The predicted molar refractivity (Wildman–Crippen MR) is 72.6 cm³/mol. The van der Waals surface area contributed by atoms with Crippen molar-refractivity contribution in [2.75, 3.05) is 40.0 Å². The molecule has 1 rings (SSSR count). The molecule has 6 heteroatoms. The van der Waals surface area contributed by atoms with Crippen molar-refractivity contribution < 1.29 is 4.79 Å². The Morgan fingerprint density at radius 1 is 1.33 bits per heavy atom. The molecular weight excluding hydrogens is 230 g/mol. The Morgan fingerprint density at radius 2 is 1.94 bits per heavy atom. The number of nitrogen functional groups attached to an aromatic ring is 1. The van der Waals surface area contributed by atoms with Gasteiger partial charge in [0.15, 0.2) is 5.69 Å². The molecule has 1 aromatic heterocycles. The highest BCUT2D eigenvalue weighted by Crippen LogP contribution is 2.22. The van der Waals surface area contributed by atoms with Gasteiger partial charge in [0.05, 0.1) is 11.4 Å². The summed E-state index contributed by atoms with van der Waals surface area (Å²) in [7, 11) is 5.70. The van der Waals surface area contributed by atoms with Crippen LogP contribution in [0, 0.1) is 0 Å². The lowest BCUT2D eigenvalue weighted by atomic mass is 10.1. The summed E-state index contributed by atoms with van der Waals surface area (Å²) in [4.78, 5) is 15.8. The van der Waals surface area contributed by atoms with Crippen LogP contribution in [0.15, 0.2) is 0 Å². The van der Waals surface area contributed by atoms with Crippen LogP contribution in [0.25, 0.3) is 0 Å². The Bertz CT molecular complexity index is 411. The van der Waals surface area contributed by atoms with Crippen LogP contribution in [0.3, 0.4) is 0 Å². The van der Waals surface area contributed by atoms with Crippen LogP contribution in [0.2, 0.25) is 0 Å². The molecule has 0 fully saturated rings. The van der Waals surface area contributed by atoms with Gasteiger partial charge in [-0.3, -0.25) is 9.89 Å². The largest absolute Gasteiger partial charge is 0.395 e. The van der Waals surface area contributed by atoms with E-state index in [0.29, 0.717) is 17.9 Å². The van der Waals surface area contributed by atoms with Crippen molar-refractivity contribution in [2.24, 2.45) is 0 Å². The molecule has 0 saturated carbocycles. The topological polar surface area (TPSA) is 78.2 Å². The highest BCUT2D eigenvalue weighted by Gasteiger charge is 2.21. The van der Waals surface area contributed by atoms with Crippen LogP contribution in [0.5, 0.6) is 0 Å². The first-order valence-electron chi connectivity index (χ1n) is 6.08. The number of aromatic amines is 1. The minimum absolute atomic E-state index is 0.141. The highest BCUT2D eigenvalue weighted by molar-refractivity contribution is 5.97. The number of carbonyl (C=O) groups excluding carboxylic acids is 1. The summed E-state index contributed by atoms with van der Waals surface area (Å²) >= 11 is 0. The van der Waals surface area contributed by atoms with Gasteiger partial charge in [-0.15, -0.1) is 0 Å². The second-order valence-electron chi connectivity index (χ2n) is 5.08. The van der Waals surface area contributed by atoms with Crippen molar-refractivity contribution >= 4 is 11.6 Å². The smallest absolute Gasteiger partial charge is 0.276 e. The minimum Gasteiger partial charge on any atom is -0.395 e. The first-order chi connectivity index (χ1) is 8.34. The van der Waals surface area contributed by atoms with E-state index in [-0.39, 0.29) is 11.8 Å². The Kier molecular flexibility index (Phi) is 4.72. The number of carbonyl (C=O) groups is 1. The number of rotatable bonds is 5. The predicted octanol–water partition coefficient (Wildman–Crippen LogP) is 0.749. The molecule has 0 aliphatic heterocycles. The van der Waals surface area contributed by atoms with Gasteiger partial charge < -0.3 is 15.5 Å². The molecule has 0 spiro atoms. The summed E-state index contributed by atoms with van der Waals surface area (Å²) in [6, 6.07) is 0. The lowest BCUT2D eigenvalue weighted by Gasteiger charge is -2.18. The molecular formula is C12H23N5O. The number of nitrogens with zero attached hydrogens (tertiary/aromatic N) is 3. The summed E-state index contributed by atoms with van der Waals surface area (Å²) in [5.41, 5.74) is 7.55. The molecule has 1 amide bonds. The third-order valence-electron chi connectivity index (χ3n) is 2.84. The lowest BCUT2D eigenvalue weighted by Crippen LogP contribution is -2.34. The van der Waals surface area contributed by atoms with Gasteiger partial charge in [0.25, 0.3) is 5.91 Å². The molecule has 0 aliphatic carbocycles. The van der Waals surface area contributed by atoms with Crippen LogP contribution in [-0.2, 0) is 0 Å². The van der Waals surface area contributed by atoms with Crippen LogP contribution in [0.1, 0.15) is 35.9 Å². The maximum atomic E-state index is 12.2. The molecule has 0 aliphatic rings. The monoisotopic (exact) mass is 253 g/mol. The molecule has 3 N–H and O–H groups in total. The van der Waals surface area contributed by atoms with Gasteiger partial charge in [-0.1, -0.05) is 13.8 Å². The Labute approximate surface area is 108 Å². The molecule has 0 radical (unpaired) electrons. The quantitative estimate of drug-likeness (QED) is 0.811. The molecule has 0 saturated heterocycles. The van der Waals surface area contributed by atoms with Crippen LogP contribution < -0.4 is 5.73 Å². The zero-order chi connectivity index (χ0) is 13.9. The van der Waals surface area contributed by atoms with Crippen molar-refractivity contribution in [1.29, 1.82) is 0 Å². The summed E-state index contributed by atoms with van der Waals surface area (Å²) in [6.45, 7) is 5.47. The van der Waals surface area contributed by atoms with Gasteiger partial charge >= 0.3 is 0 Å². The highest BCUT2D eigenvalue weighted by atomic mass is 16.2. The molecule has 1 heterocycles. The molecule has 0 bridgehead atoms. The minimum atomic E-state index is -0.141. The van der Waals surface area contributed by atoms with E-state index in [0.717, 1.165) is 12.2 Å². The average molecular weight is 253 g/mol. The number of hydrogen-bond acceptors (Lipinski definition) is 4. The van der Waals surface area contributed by atoms with E-state index >= 15 is 0 Å². The zero-order valence-corrected chi connectivity index (χ0v) is 11.8. The van der Waals surface area contributed by atoms with Crippen molar-refractivity contribution in [3.05, 3.63) is 11.4 Å². The second-order valence-corrected chi connectivity index (χ2v) is 5.08. The second kappa shape index (κ2) is 5.86.